The van der Waals surface area contributed by atoms with E-state index in [-0.39, 0.29) is 37.0 Å². The molecule has 0 bridgehead atoms. The van der Waals surface area contributed by atoms with Gasteiger partial charge < -0.3 is 15.6 Å². The van der Waals surface area contributed by atoms with Crippen molar-refractivity contribution in [3.05, 3.63) is 16.7 Å². The maximum atomic E-state index is 11.8. The number of ether oxygens (including phenoxy) is 1. The lowest BCUT2D eigenvalue weighted by atomic mass is 10.5. The summed E-state index contributed by atoms with van der Waals surface area (Å²) in [5.41, 5.74) is 5.92. The number of nitrogens with two attached hydrogens (primary N) is 1. The van der Waals surface area contributed by atoms with Gasteiger partial charge in [-0.25, -0.2) is 4.98 Å². The monoisotopic (exact) mass is 239 g/mol. The molecule has 0 aromatic carbocycles. The smallest absolute Gasteiger partial charge is 0.282 e. The molecule has 92 valence electrons. The lowest BCUT2D eigenvalue weighted by Gasteiger charge is -2.05. The standard InChI is InChI=1S/C9H13N5O3/c1-13-8(16)6-7(12-9(13)10)14(4-11-6)5-17-3-2-15/h4,15H,2-3,5H2,1H3,(H2,10,12). The molecule has 0 saturated carbocycles. The summed E-state index contributed by atoms with van der Waals surface area (Å²) in [6.45, 7) is 0.306. The summed E-state index contributed by atoms with van der Waals surface area (Å²) in [7, 11) is 1.53. The SMILES string of the molecule is Cn1c(N)nc2c(ncn2COCCO)c1=O. The third-order valence-corrected chi connectivity index (χ3v) is 2.35. The Kier molecular flexibility index (Phi) is 3.07. The molecule has 3 N–H and O–H groups in total. The second-order valence-corrected chi connectivity index (χ2v) is 3.48. The lowest BCUT2D eigenvalue weighted by Crippen LogP contribution is -2.22. The predicted octanol–water partition coefficient (Wildman–Crippen LogP) is -1.32. The first-order valence-electron chi connectivity index (χ1n) is 5.01. The van der Waals surface area contributed by atoms with Crippen LogP contribution in [0, 0.1) is 0 Å². The average molecular weight is 239 g/mol. The van der Waals surface area contributed by atoms with Crippen molar-refractivity contribution >= 4 is 17.1 Å². The highest BCUT2D eigenvalue weighted by molar-refractivity contribution is 5.70. The predicted molar refractivity (Wildman–Crippen MR) is 60.2 cm³/mol. The van der Waals surface area contributed by atoms with Gasteiger partial charge in [0.25, 0.3) is 5.56 Å². The van der Waals surface area contributed by atoms with Crippen molar-refractivity contribution in [3.63, 3.8) is 0 Å². The second kappa shape index (κ2) is 4.52. The highest BCUT2D eigenvalue weighted by Gasteiger charge is 2.11. The van der Waals surface area contributed by atoms with E-state index in [1.165, 1.54) is 17.9 Å². The van der Waals surface area contributed by atoms with Gasteiger partial charge in [-0.1, -0.05) is 0 Å². The molecule has 0 fully saturated rings. The topological polar surface area (TPSA) is 108 Å². The van der Waals surface area contributed by atoms with Crippen LogP contribution in [-0.4, -0.2) is 37.4 Å². The Bertz CT molecular complexity index is 588. The van der Waals surface area contributed by atoms with Crippen LogP contribution in [-0.2, 0) is 18.5 Å². The summed E-state index contributed by atoms with van der Waals surface area (Å²) in [6, 6.07) is 0. The van der Waals surface area contributed by atoms with E-state index in [2.05, 4.69) is 9.97 Å². The number of fused-ring (bicyclic) bond motifs is 1. The molecule has 0 aliphatic carbocycles. The van der Waals surface area contributed by atoms with Crippen LogP contribution in [0.4, 0.5) is 5.95 Å². The average Bonchev–Trinajstić information content (AvgIpc) is 2.70. The summed E-state index contributed by atoms with van der Waals surface area (Å²) in [5.74, 6) is 0.117. The van der Waals surface area contributed by atoms with E-state index in [1.54, 1.807) is 4.57 Å². The molecule has 0 amide bonds. The lowest BCUT2D eigenvalue weighted by molar-refractivity contribution is 0.0499. The number of aromatic nitrogens is 4. The molecule has 0 aliphatic heterocycles. The van der Waals surface area contributed by atoms with Crippen LogP contribution in [0.15, 0.2) is 11.1 Å². The first kappa shape index (κ1) is 11.6. The van der Waals surface area contributed by atoms with Gasteiger partial charge in [-0.2, -0.15) is 4.98 Å². The maximum absolute atomic E-state index is 11.8. The fourth-order valence-corrected chi connectivity index (χ4v) is 1.41. The number of hydrogen-bond acceptors (Lipinski definition) is 6. The van der Waals surface area contributed by atoms with E-state index < -0.39 is 0 Å². The molecule has 0 aliphatic rings. The number of imidazole rings is 1. The van der Waals surface area contributed by atoms with E-state index in [0.29, 0.717) is 5.65 Å². The van der Waals surface area contributed by atoms with Gasteiger partial charge in [0, 0.05) is 7.05 Å². The van der Waals surface area contributed by atoms with Gasteiger partial charge in [0.2, 0.25) is 5.95 Å². The second-order valence-electron chi connectivity index (χ2n) is 3.48. The number of aliphatic hydroxyl groups excluding tert-OH is 1. The molecule has 2 aromatic heterocycles. The van der Waals surface area contributed by atoms with Crippen molar-refractivity contribution in [1.82, 2.24) is 19.1 Å². The molecule has 0 radical (unpaired) electrons. The highest BCUT2D eigenvalue weighted by atomic mass is 16.5. The van der Waals surface area contributed by atoms with Gasteiger partial charge >= 0.3 is 0 Å². The van der Waals surface area contributed by atoms with Crippen molar-refractivity contribution in [1.29, 1.82) is 0 Å². The zero-order chi connectivity index (χ0) is 12.4. The molecule has 0 atom stereocenters. The Morgan fingerprint density at radius 3 is 3.06 bits per heavy atom. The van der Waals surface area contributed by atoms with Crippen LogP contribution in [0.5, 0.6) is 0 Å². The molecule has 0 saturated heterocycles. The molecular weight excluding hydrogens is 226 g/mol. The number of hydrogen-bond donors (Lipinski definition) is 2. The van der Waals surface area contributed by atoms with Crippen molar-refractivity contribution in [3.8, 4) is 0 Å². The number of anilines is 1. The van der Waals surface area contributed by atoms with Crippen molar-refractivity contribution in [2.45, 2.75) is 6.73 Å². The highest BCUT2D eigenvalue weighted by Crippen LogP contribution is 2.07. The van der Waals surface area contributed by atoms with Crippen molar-refractivity contribution in [2.24, 2.45) is 7.05 Å². The van der Waals surface area contributed by atoms with Gasteiger partial charge in [-0.05, 0) is 0 Å². The third kappa shape index (κ3) is 1.99. The third-order valence-electron chi connectivity index (χ3n) is 2.35. The Morgan fingerprint density at radius 2 is 2.35 bits per heavy atom. The van der Waals surface area contributed by atoms with Crippen LogP contribution < -0.4 is 11.3 Å². The van der Waals surface area contributed by atoms with Crippen molar-refractivity contribution in [2.75, 3.05) is 18.9 Å². The van der Waals surface area contributed by atoms with E-state index >= 15 is 0 Å². The molecule has 2 rings (SSSR count). The van der Waals surface area contributed by atoms with Gasteiger partial charge in [-0.3, -0.25) is 13.9 Å². The maximum Gasteiger partial charge on any atom is 0.282 e. The number of nitrogens with zero attached hydrogens (tertiary/aromatic N) is 4. The number of rotatable bonds is 4. The first-order valence-corrected chi connectivity index (χ1v) is 5.01. The van der Waals surface area contributed by atoms with Crippen LogP contribution in [0.1, 0.15) is 0 Å². The molecule has 2 heterocycles. The molecule has 8 nitrogen and oxygen atoms in total. The van der Waals surface area contributed by atoms with Gasteiger partial charge in [-0.15, -0.1) is 0 Å². The number of aliphatic hydroxyl groups is 1. The van der Waals surface area contributed by atoms with E-state index in [4.69, 9.17) is 15.6 Å². The Labute approximate surface area is 96.3 Å². The quantitative estimate of drug-likeness (QED) is 0.640. The number of nitrogen functional groups attached to an aromatic ring is 1. The van der Waals surface area contributed by atoms with Crippen LogP contribution >= 0.6 is 0 Å². The normalized spacial score (nSPS) is 11.2. The minimum Gasteiger partial charge on any atom is -0.394 e. The summed E-state index contributed by atoms with van der Waals surface area (Å²) >= 11 is 0. The molecule has 8 heteroatoms. The van der Waals surface area contributed by atoms with E-state index in [0.717, 1.165) is 0 Å². The summed E-state index contributed by atoms with van der Waals surface area (Å²) in [4.78, 5) is 19.8. The van der Waals surface area contributed by atoms with Crippen LogP contribution in [0.3, 0.4) is 0 Å². The molecule has 0 spiro atoms. The zero-order valence-corrected chi connectivity index (χ0v) is 9.33. The molecule has 2 aromatic rings. The molecule has 17 heavy (non-hydrogen) atoms. The summed E-state index contributed by atoms with van der Waals surface area (Å²) in [6.07, 6.45) is 1.45. The van der Waals surface area contributed by atoms with E-state index in [1.807, 2.05) is 0 Å². The summed E-state index contributed by atoms with van der Waals surface area (Å²) < 4.78 is 7.92. The zero-order valence-electron chi connectivity index (χ0n) is 9.33. The molecular formula is C9H13N5O3. The first-order chi connectivity index (χ1) is 8.15. The Balaban J connectivity index is 2.43. The van der Waals surface area contributed by atoms with Gasteiger partial charge in [0.1, 0.15) is 6.73 Å². The van der Waals surface area contributed by atoms with Crippen LogP contribution in [0.2, 0.25) is 0 Å². The Hall–Kier alpha value is -1.93. The minimum absolute atomic E-state index is 0.0655. The fraction of sp³-hybridized carbons (Fsp3) is 0.444. The fourth-order valence-electron chi connectivity index (χ4n) is 1.41. The van der Waals surface area contributed by atoms with Gasteiger partial charge in [0.05, 0.1) is 19.5 Å². The minimum atomic E-state index is -0.298. The Morgan fingerprint density at radius 1 is 1.59 bits per heavy atom. The van der Waals surface area contributed by atoms with Crippen LogP contribution in [0.25, 0.3) is 11.2 Å². The molecule has 0 unspecified atom stereocenters. The summed E-state index contributed by atoms with van der Waals surface area (Å²) in [5, 5.41) is 8.59. The van der Waals surface area contributed by atoms with E-state index in [9.17, 15) is 4.79 Å². The van der Waals surface area contributed by atoms with Gasteiger partial charge in [0.15, 0.2) is 11.2 Å². The largest absolute Gasteiger partial charge is 0.394 e. The van der Waals surface area contributed by atoms with Crippen molar-refractivity contribution < 1.29 is 9.84 Å².